The highest BCUT2D eigenvalue weighted by molar-refractivity contribution is 5.97. The summed E-state index contributed by atoms with van der Waals surface area (Å²) in [6.45, 7) is 5.94. The van der Waals surface area contributed by atoms with Crippen LogP contribution in [0.25, 0.3) is 0 Å². The minimum atomic E-state index is 0.0549. The molecule has 2 N–H and O–H groups in total. The normalized spacial score (nSPS) is 14.1. The van der Waals surface area contributed by atoms with Crippen molar-refractivity contribution in [1.29, 1.82) is 0 Å². The molecule has 1 aromatic carbocycles. The van der Waals surface area contributed by atoms with E-state index in [4.69, 9.17) is 0 Å². The first kappa shape index (κ1) is 12.0. The van der Waals surface area contributed by atoms with Crippen LogP contribution in [0.4, 0.5) is 5.69 Å². The molecule has 0 saturated carbocycles. The summed E-state index contributed by atoms with van der Waals surface area (Å²) >= 11 is 0. The maximum Gasteiger partial charge on any atom is 0.251 e. The van der Waals surface area contributed by atoms with Gasteiger partial charge in [-0.05, 0) is 36.5 Å². The Kier molecular flexibility index (Phi) is 3.67. The number of benzene rings is 1. The maximum absolute atomic E-state index is 12.1. The van der Waals surface area contributed by atoms with Crippen LogP contribution in [0.5, 0.6) is 0 Å². The van der Waals surface area contributed by atoms with E-state index in [-0.39, 0.29) is 5.91 Å². The van der Waals surface area contributed by atoms with Gasteiger partial charge in [-0.15, -0.1) is 0 Å². The Morgan fingerprint density at radius 1 is 1.47 bits per heavy atom. The largest absolute Gasteiger partial charge is 0.385 e. The van der Waals surface area contributed by atoms with Crippen molar-refractivity contribution in [3.05, 3.63) is 29.3 Å². The van der Waals surface area contributed by atoms with Gasteiger partial charge in [-0.25, -0.2) is 0 Å². The lowest BCUT2D eigenvalue weighted by molar-refractivity contribution is 0.0948. The third-order valence-electron chi connectivity index (χ3n) is 3.01. The summed E-state index contributed by atoms with van der Waals surface area (Å²) in [5.41, 5.74) is 3.11. The van der Waals surface area contributed by atoms with Gasteiger partial charge in [0.25, 0.3) is 5.91 Å². The number of amides is 1. The summed E-state index contributed by atoms with van der Waals surface area (Å²) in [7, 11) is 0. The Hall–Kier alpha value is -1.51. The number of hydrogen-bond donors (Lipinski definition) is 2. The van der Waals surface area contributed by atoms with E-state index < -0.39 is 0 Å². The van der Waals surface area contributed by atoms with E-state index >= 15 is 0 Å². The van der Waals surface area contributed by atoms with Gasteiger partial charge in [-0.3, -0.25) is 4.79 Å². The van der Waals surface area contributed by atoms with Gasteiger partial charge in [0, 0.05) is 24.3 Å². The summed E-state index contributed by atoms with van der Waals surface area (Å²) in [5.74, 6) is 0.538. The number of carbonyl (C=O) groups is 1. The van der Waals surface area contributed by atoms with E-state index in [0.29, 0.717) is 5.92 Å². The lowest BCUT2D eigenvalue weighted by Crippen LogP contribution is -2.29. The Morgan fingerprint density at radius 2 is 2.29 bits per heavy atom. The zero-order chi connectivity index (χ0) is 12.3. The van der Waals surface area contributed by atoms with Gasteiger partial charge in [-0.2, -0.15) is 0 Å². The number of rotatable bonds is 3. The molecule has 92 valence electrons. The second kappa shape index (κ2) is 5.21. The molecule has 3 nitrogen and oxygen atoms in total. The van der Waals surface area contributed by atoms with Crippen molar-refractivity contribution in [3.8, 4) is 0 Å². The molecule has 0 fully saturated rings. The first-order chi connectivity index (χ1) is 8.18. The van der Waals surface area contributed by atoms with Gasteiger partial charge in [0.05, 0.1) is 0 Å². The SMILES string of the molecule is CC(C)CNC(=O)c1cccc2c1CCCN2. The molecule has 1 aliphatic rings. The number of anilines is 1. The van der Waals surface area contributed by atoms with Crippen LogP contribution in [0.3, 0.4) is 0 Å². The van der Waals surface area contributed by atoms with Crippen molar-refractivity contribution < 1.29 is 4.79 Å². The van der Waals surface area contributed by atoms with Crippen molar-refractivity contribution in [3.63, 3.8) is 0 Å². The molecule has 1 amide bonds. The van der Waals surface area contributed by atoms with E-state index in [2.05, 4.69) is 24.5 Å². The molecule has 0 aromatic heterocycles. The smallest absolute Gasteiger partial charge is 0.251 e. The quantitative estimate of drug-likeness (QED) is 0.840. The van der Waals surface area contributed by atoms with E-state index in [1.54, 1.807) is 0 Å². The molecule has 0 atom stereocenters. The second-order valence-corrected chi connectivity index (χ2v) is 4.97. The van der Waals surface area contributed by atoms with Crippen molar-refractivity contribution in [2.45, 2.75) is 26.7 Å². The van der Waals surface area contributed by atoms with Gasteiger partial charge >= 0.3 is 0 Å². The molecular weight excluding hydrogens is 212 g/mol. The Labute approximate surface area is 103 Å². The summed E-state index contributed by atoms with van der Waals surface area (Å²) in [5, 5.41) is 6.32. The number of nitrogens with one attached hydrogen (secondary N) is 2. The average Bonchev–Trinajstić information content (AvgIpc) is 2.35. The number of fused-ring (bicyclic) bond motifs is 1. The van der Waals surface area contributed by atoms with Crippen LogP contribution >= 0.6 is 0 Å². The van der Waals surface area contributed by atoms with Crippen LogP contribution in [-0.2, 0) is 6.42 Å². The maximum atomic E-state index is 12.1. The van der Waals surface area contributed by atoms with Crippen molar-refractivity contribution in [1.82, 2.24) is 5.32 Å². The Balaban J connectivity index is 2.17. The zero-order valence-corrected chi connectivity index (χ0v) is 10.5. The predicted octanol–water partition coefficient (Wildman–Crippen LogP) is 2.43. The van der Waals surface area contributed by atoms with Crippen LogP contribution in [0.1, 0.15) is 36.2 Å². The first-order valence-corrected chi connectivity index (χ1v) is 6.32. The van der Waals surface area contributed by atoms with Crippen LogP contribution in [-0.4, -0.2) is 19.0 Å². The zero-order valence-electron chi connectivity index (χ0n) is 10.5. The summed E-state index contributed by atoms with van der Waals surface area (Å²) < 4.78 is 0. The molecule has 1 heterocycles. The van der Waals surface area contributed by atoms with E-state index in [9.17, 15) is 4.79 Å². The van der Waals surface area contributed by atoms with Crippen LogP contribution in [0, 0.1) is 5.92 Å². The molecular formula is C14H20N2O. The highest BCUT2D eigenvalue weighted by atomic mass is 16.1. The van der Waals surface area contributed by atoms with Gasteiger partial charge in [-0.1, -0.05) is 19.9 Å². The van der Waals surface area contributed by atoms with Crippen LogP contribution < -0.4 is 10.6 Å². The molecule has 0 unspecified atom stereocenters. The molecule has 1 aromatic rings. The fourth-order valence-electron chi connectivity index (χ4n) is 2.11. The number of hydrogen-bond acceptors (Lipinski definition) is 2. The topological polar surface area (TPSA) is 41.1 Å². The molecule has 0 saturated heterocycles. The molecule has 2 rings (SSSR count). The summed E-state index contributed by atoms with van der Waals surface area (Å²) in [6.07, 6.45) is 2.09. The van der Waals surface area contributed by atoms with Gasteiger partial charge in [0.2, 0.25) is 0 Å². The molecule has 1 aliphatic heterocycles. The van der Waals surface area contributed by atoms with Crippen molar-refractivity contribution >= 4 is 11.6 Å². The highest BCUT2D eigenvalue weighted by Gasteiger charge is 2.16. The summed E-state index contributed by atoms with van der Waals surface area (Å²) in [4.78, 5) is 12.1. The van der Waals surface area contributed by atoms with Crippen molar-refractivity contribution in [2.75, 3.05) is 18.4 Å². The lowest BCUT2D eigenvalue weighted by Gasteiger charge is -2.20. The molecule has 0 aliphatic carbocycles. The van der Waals surface area contributed by atoms with Crippen LogP contribution in [0.15, 0.2) is 18.2 Å². The van der Waals surface area contributed by atoms with E-state index in [1.165, 1.54) is 5.56 Å². The average molecular weight is 232 g/mol. The molecule has 0 bridgehead atoms. The van der Waals surface area contributed by atoms with E-state index in [0.717, 1.165) is 37.2 Å². The fourth-order valence-corrected chi connectivity index (χ4v) is 2.11. The molecule has 17 heavy (non-hydrogen) atoms. The highest BCUT2D eigenvalue weighted by Crippen LogP contribution is 2.25. The van der Waals surface area contributed by atoms with Gasteiger partial charge < -0.3 is 10.6 Å². The van der Waals surface area contributed by atoms with Crippen molar-refractivity contribution in [2.24, 2.45) is 5.92 Å². The van der Waals surface area contributed by atoms with E-state index in [1.807, 2.05) is 18.2 Å². The lowest BCUT2D eigenvalue weighted by atomic mass is 9.97. The Bertz CT molecular complexity index is 413. The number of carbonyl (C=O) groups excluding carboxylic acids is 1. The van der Waals surface area contributed by atoms with Crippen LogP contribution in [0.2, 0.25) is 0 Å². The third kappa shape index (κ3) is 2.78. The second-order valence-electron chi connectivity index (χ2n) is 4.97. The molecule has 0 radical (unpaired) electrons. The monoisotopic (exact) mass is 232 g/mol. The standard InChI is InChI=1S/C14H20N2O/c1-10(2)9-16-14(17)12-5-3-7-13-11(12)6-4-8-15-13/h3,5,7,10,15H,4,6,8-9H2,1-2H3,(H,16,17). The molecule has 3 heteroatoms. The first-order valence-electron chi connectivity index (χ1n) is 6.32. The predicted molar refractivity (Wildman–Crippen MR) is 70.4 cm³/mol. The fraction of sp³-hybridized carbons (Fsp3) is 0.500. The minimum Gasteiger partial charge on any atom is -0.385 e. The third-order valence-corrected chi connectivity index (χ3v) is 3.01. The molecule has 0 spiro atoms. The summed E-state index contributed by atoms with van der Waals surface area (Å²) in [6, 6.07) is 5.91. The van der Waals surface area contributed by atoms with Gasteiger partial charge in [0.1, 0.15) is 0 Å². The minimum absolute atomic E-state index is 0.0549. The Morgan fingerprint density at radius 3 is 3.06 bits per heavy atom. The van der Waals surface area contributed by atoms with Gasteiger partial charge in [0.15, 0.2) is 0 Å².